The molecule has 2 heterocycles. The Kier molecular flexibility index (Phi) is 6.64. The number of likely N-dealkylation sites (N-methyl/N-ethyl adjacent to an activating group) is 1. The number of benzene rings is 3. The summed E-state index contributed by atoms with van der Waals surface area (Å²) >= 11 is 6.63. The summed E-state index contributed by atoms with van der Waals surface area (Å²) in [6.45, 7) is 3.83. The van der Waals surface area contributed by atoms with E-state index in [1.54, 1.807) is 13.2 Å². The molecule has 0 amide bonds. The van der Waals surface area contributed by atoms with E-state index in [1.807, 2.05) is 68.4 Å². The van der Waals surface area contributed by atoms with Gasteiger partial charge in [0.15, 0.2) is 17.7 Å². The SMILES string of the molecule is COc1cc2[nH]c(C(O)N3C[C@@H](C(C)Cl)c4c3cc(O)c3ccccc43)cc2cc1OCCN(C)C. The largest absolute Gasteiger partial charge is 0.507 e. The number of methoxy groups -OCH3 is 1. The Morgan fingerprint density at radius 1 is 1.14 bits per heavy atom. The smallest absolute Gasteiger partial charge is 0.168 e. The van der Waals surface area contributed by atoms with Crippen LogP contribution in [0, 0.1) is 0 Å². The molecule has 36 heavy (non-hydrogen) atoms. The van der Waals surface area contributed by atoms with Crippen LogP contribution in [0.5, 0.6) is 17.2 Å². The number of phenols is 1. The number of phenolic OH excluding ortho intramolecular Hbond substituents is 1. The summed E-state index contributed by atoms with van der Waals surface area (Å²) in [5.74, 6) is 1.47. The number of aromatic hydroxyl groups is 1. The first-order valence-electron chi connectivity index (χ1n) is 12.1. The van der Waals surface area contributed by atoms with Crippen LogP contribution in [-0.4, -0.2) is 66.4 Å². The second-order valence-electron chi connectivity index (χ2n) is 9.65. The monoisotopic (exact) mass is 509 g/mol. The van der Waals surface area contributed by atoms with E-state index < -0.39 is 6.23 Å². The van der Waals surface area contributed by atoms with Crippen LogP contribution < -0.4 is 14.4 Å². The molecule has 3 atom stereocenters. The molecule has 5 rings (SSSR count). The molecule has 7 nitrogen and oxygen atoms in total. The molecule has 0 bridgehead atoms. The molecule has 0 fully saturated rings. The zero-order chi connectivity index (χ0) is 25.6. The third-order valence-corrected chi connectivity index (χ3v) is 7.27. The first kappa shape index (κ1) is 24.6. The summed E-state index contributed by atoms with van der Waals surface area (Å²) in [4.78, 5) is 7.30. The third-order valence-electron chi connectivity index (χ3n) is 6.97. The molecule has 0 aliphatic carbocycles. The number of rotatable bonds is 8. The molecule has 4 aromatic rings. The quantitative estimate of drug-likeness (QED) is 0.283. The van der Waals surface area contributed by atoms with Gasteiger partial charge in [0.1, 0.15) is 12.4 Å². The summed E-state index contributed by atoms with van der Waals surface area (Å²) < 4.78 is 11.5. The van der Waals surface area contributed by atoms with Gasteiger partial charge in [-0.15, -0.1) is 11.6 Å². The van der Waals surface area contributed by atoms with Crippen LogP contribution in [0.3, 0.4) is 0 Å². The Hall–Kier alpha value is -3.13. The van der Waals surface area contributed by atoms with Gasteiger partial charge in [-0.2, -0.15) is 0 Å². The molecule has 3 aromatic carbocycles. The number of fused-ring (bicyclic) bond motifs is 4. The van der Waals surface area contributed by atoms with Gasteiger partial charge in [-0.25, -0.2) is 0 Å². The highest BCUT2D eigenvalue weighted by atomic mass is 35.5. The van der Waals surface area contributed by atoms with Crippen LogP contribution >= 0.6 is 11.6 Å². The molecule has 1 aromatic heterocycles. The number of aromatic amines is 1. The number of ether oxygens (including phenoxy) is 2. The van der Waals surface area contributed by atoms with Crippen molar-refractivity contribution >= 4 is 39.0 Å². The van der Waals surface area contributed by atoms with Gasteiger partial charge in [0, 0.05) is 58.5 Å². The maximum absolute atomic E-state index is 11.5. The van der Waals surface area contributed by atoms with Crippen molar-refractivity contribution in [2.24, 2.45) is 0 Å². The van der Waals surface area contributed by atoms with E-state index in [9.17, 15) is 10.2 Å². The van der Waals surface area contributed by atoms with Crippen molar-refractivity contribution in [1.82, 2.24) is 9.88 Å². The van der Waals surface area contributed by atoms with Crippen molar-refractivity contribution in [2.75, 3.05) is 45.8 Å². The van der Waals surface area contributed by atoms with Crippen molar-refractivity contribution in [3.05, 3.63) is 59.8 Å². The average molecular weight is 510 g/mol. The van der Waals surface area contributed by atoms with Gasteiger partial charge < -0.3 is 34.5 Å². The van der Waals surface area contributed by atoms with Gasteiger partial charge in [0.25, 0.3) is 0 Å². The van der Waals surface area contributed by atoms with E-state index in [-0.39, 0.29) is 17.0 Å². The van der Waals surface area contributed by atoms with Crippen molar-refractivity contribution in [1.29, 1.82) is 0 Å². The molecule has 1 aliphatic heterocycles. The summed E-state index contributed by atoms with van der Waals surface area (Å²) in [7, 11) is 5.61. The van der Waals surface area contributed by atoms with Crippen LogP contribution in [0.2, 0.25) is 0 Å². The number of anilines is 1. The predicted octanol–water partition coefficient (Wildman–Crippen LogP) is 5.20. The summed E-state index contributed by atoms with van der Waals surface area (Å²) in [6, 6.07) is 15.3. The molecule has 0 saturated carbocycles. The van der Waals surface area contributed by atoms with Gasteiger partial charge in [0.2, 0.25) is 0 Å². The van der Waals surface area contributed by atoms with E-state index in [0.717, 1.165) is 39.5 Å². The summed E-state index contributed by atoms with van der Waals surface area (Å²) in [5, 5.41) is 24.8. The molecule has 0 spiro atoms. The van der Waals surface area contributed by atoms with Crippen molar-refractivity contribution in [3.8, 4) is 17.2 Å². The number of hydrogen-bond acceptors (Lipinski definition) is 6. The number of H-pyrrole nitrogens is 1. The number of nitrogens with one attached hydrogen (secondary N) is 1. The molecule has 8 heteroatoms. The summed E-state index contributed by atoms with van der Waals surface area (Å²) in [6.07, 6.45) is -0.957. The molecule has 0 saturated heterocycles. The van der Waals surface area contributed by atoms with Gasteiger partial charge in [-0.1, -0.05) is 24.3 Å². The lowest BCUT2D eigenvalue weighted by Crippen LogP contribution is -2.29. The van der Waals surface area contributed by atoms with Crippen molar-refractivity contribution < 1.29 is 19.7 Å². The summed E-state index contributed by atoms with van der Waals surface area (Å²) in [5.41, 5.74) is 3.32. The molecular weight excluding hydrogens is 478 g/mol. The van der Waals surface area contributed by atoms with E-state index >= 15 is 0 Å². The maximum atomic E-state index is 11.5. The van der Waals surface area contributed by atoms with Gasteiger partial charge >= 0.3 is 0 Å². The fourth-order valence-electron chi connectivity index (χ4n) is 5.08. The highest BCUT2D eigenvalue weighted by Gasteiger charge is 2.37. The number of aliphatic hydroxyl groups excluding tert-OH is 1. The van der Waals surface area contributed by atoms with Crippen LogP contribution in [0.1, 0.15) is 30.3 Å². The minimum atomic E-state index is -0.957. The topological polar surface area (TPSA) is 81.2 Å². The zero-order valence-electron chi connectivity index (χ0n) is 21.0. The lowest BCUT2D eigenvalue weighted by molar-refractivity contribution is 0.169. The Morgan fingerprint density at radius 2 is 1.89 bits per heavy atom. The predicted molar refractivity (Wildman–Crippen MR) is 145 cm³/mol. The van der Waals surface area contributed by atoms with Crippen LogP contribution in [0.25, 0.3) is 21.7 Å². The Morgan fingerprint density at radius 3 is 2.58 bits per heavy atom. The molecule has 3 N–H and O–H groups in total. The standard InChI is InChI=1S/C28H32ClN3O4/c1-16(29)20-15-32(23-14-24(33)18-7-5-6-8-19(18)27(20)23)28(34)22-11-17-12-26(36-10-9-31(2)3)25(35-4)13-21(17)30-22/h5-8,11-14,16,20,28,30,33-34H,9-10,15H2,1-4H3/t16?,20-,28?/m0/s1. The first-order chi connectivity index (χ1) is 17.3. The second kappa shape index (κ2) is 9.73. The van der Waals surface area contributed by atoms with Gasteiger partial charge in [0.05, 0.1) is 12.8 Å². The normalized spacial score (nSPS) is 17.1. The minimum Gasteiger partial charge on any atom is -0.507 e. The van der Waals surface area contributed by atoms with Crippen molar-refractivity contribution in [3.63, 3.8) is 0 Å². The Labute approximate surface area is 215 Å². The highest BCUT2D eigenvalue weighted by molar-refractivity contribution is 6.21. The van der Waals surface area contributed by atoms with Gasteiger partial charge in [-0.3, -0.25) is 0 Å². The molecule has 1 aliphatic rings. The van der Waals surface area contributed by atoms with E-state index in [1.165, 1.54) is 0 Å². The highest BCUT2D eigenvalue weighted by Crippen LogP contribution is 2.49. The number of hydrogen-bond donors (Lipinski definition) is 3. The second-order valence-corrected chi connectivity index (χ2v) is 10.3. The lowest BCUT2D eigenvalue weighted by Gasteiger charge is -2.26. The van der Waals surface area contributed by atoms with E-state index in [4.69, 9.17) is 21.1 Å². The molecule has 0 radical (unpaired) electrons. The number of aliphatic hydroxyl groups is 1. The fraction of sp³-hybridized carbons (Fsp3) is 0.357. The molecular formula is C28H32ClN3O4. The maximum Gasteiger partial charge on any atom is 0.168 e. The van der Waals surface area contributed by atoms with Gasteiger partial charge in [-0.05, 0) is 44.1 Å². The Balaban J connectivity index is 1.52. The van der Waals surface area contributed by atoms with Crippen LogP contribution in [-0.2, 0) is 0 Å². The number of nitrogens with zero attached hydrogens (tertiary/aromatic N) is 2. The first-order valence-corrected chi connectivity index (χ1v) is 12.5. The van der Waals surface area contributed by atoms with E-state index in [2.05, 4.69) is 9.88 Å². The van der Waals surface area contributed by atoms with Crippen LogP contribution in [0.15, 0.2) is 48.5 Å². The Bertz CT molecular complexity index is 1400. The number of aromatic nitrogens is 1. The van der Waals surface area contributed by atoms with Crippen LogP contribution in [0.4, 0.5) is 5.69 Å². The zero-order valence-corrected chi connectivity index (χ0v) is 21.7. The lowest BCUT2D eigenvalue weighted by atomic mass is 9.92. The van der Waals surface area contributed by atoms with E-state index in [0.29, 0.717) is 30.3 Å². The molecule has 190 valence electrons. The third kappa shape index (κ3) is 4.32. The van der Waals surface area contributed by atoms with Crippen molar-refractivity contribution in [2.45, 2.75) is 24.4 Å². The average Bonchev–Trinajstić information content (AvgIpc) is 3.44. The fourth-order valence-corrected chi connectivity index (χ4v) is 5.29. The minimum absolute atomic E-state index is 0.00277. The number of alkyl halides is 1. The molecule has 2 unspecified atom stereocenters. The number of halogens is 1.